The van der Waals surface area contributed by atoms with Crippen molar-refractivity contribution < 1.29 is 14.6 Å². The predicted molar refractivity (Wildman–Crippen MR) is 110 cm³/mol. The number of likely N-dealkylation sites (tertiary alicyclic amines) is 1. The molecule has 1 aliphatic carbocycles. The lowest BCUT2D eigenvalue weighted by atomic mass is 10.1. The largest absolute Gasteiger partial charge is 0.488 e. The fraction of sp³-hybridized carbons (Fsp3) is 0.545. The number of carbonyl (C=O) groups is 1. The molecule has 1 saturated heterocycles. The van der Waals surface area contributed by atoms with E-state index in [4.69, 9.17) is 4.74 Å². The van der Waals surface area contributed by atoms with E-state index in [2.05, 4.69) is 15.3 Å². The molecule has 2 fully saturated rings. The normalized spacial score (nSPS) is 27.4. The van der Waals surface area contributed by atoms with Crippen molar-refractivity contribution in [2.75, 3.05) is 13.1 Å². The number of nitrogens with zero attached hydrogens (tertiary/aromatic N) is 3. The van der Waals surface area contributed by atoms with Gasteiger partial charge in [-0.1, -0.05) is 18.2 Å². The summed E-state index contributed by atoms with van der Waals surface area (Å²) < 4.78 is 7.86. The maximum atomic E-state index is 12.8. The first kappa shape index (κ1) is 19.9. The summed E-state index contributed by atoms with van der Waals surface area (Å²) in [7, 11) is 0. The van der Waals surface area contributed by atoms with Crippen molar-refractivity contribution in [2.45, 2.75) is 63.4 Å². The van der Waals surface area contributed by atoms with Crippen molar-refractivity contribution in [2.24, 2.45) is 0 Å². The molecule has 156 valence electrons. The Morgan fingerprint density at radius 2 is 1.93 bits per heavy atom. The molecule has 0 bridgehead atoms. The molecule has 29 heavy (non-hydrogen) atoms. The highest BCUT2D eigenvalue weighted by Crippen LogP contribution is 2.31. The summed E-state index contributed by atoms with van der Waals surface area (Å²) in [5, 5.41) is 18.6. The van der Waals surface area contributed by atoms with Crippen LogP contribution in [-0.4, -0.2) is 63.1 Å². The highest BCUT2D eigenvalue weighted by Gasteiger charge is 2.48. The van der Waals surface area contributed by atoms with Crippen molar-refractivity contribution in [1.82, 2.24) is 20.0 Å². The SMILES string of the molecule is CC(C)n1ccc(C(=O)N[C@@H]2C[C@@H](Oc3ccccc3)[C@H](O)[C@H]2N2CCCC2)n1. The monoisotopic (exact) mass is 398 g/mol. The van der Waals surface area contributed by atoms with Gasteiger partial charge in [-0.05, 0) is 58.0 Å². The van der Waals surface area contributed by atoms with E-state index >= 15 is 0 Å². The minimum absolute atomic E-state index is 0.151. The molecule has 1 aromatic heterocycles. The van der Waals surface area contributed by atoms with Gasteiger partial charge in [-0.25, -0.2) is 0 Å². The van der Waals surface area contributed by atoms with Crippen molar-refractivity contribution in [3.05, 3.63) is 48.3 Å². The van der Waals surface area contributed by atoms with Gasteiger partial charge in [-0.3, -0.25) is 14.4 Å². The second-order valence-corrected chi connectivity index (χ2v) is 8.28. The molecule has 0 spiro atoms. The first-order valence-corrected chi connectivity index (χ1v) is 10.5. The first-order valence-electron chi connectivity index (χ1n) is 10.5. The van der Waals surface area contributed by atoms with E-state index in [1.807, 2.05) is 50.4 Å². The van der Waals surface area contributed by atoms with Crippen molar-refractivity contribution in [3.63, 3.8) is 0 Å². The number of carbonyl (C=O) groups excluding carboxylic acids is 1. The van der Waals surface area contributed by atoms with Crippen molar-refractivity contribution in [3.8, 4) is 5.75 Å². The Morgan fingerprint density at radius 1 is 1.21 bits per heavy atom. The highest BCUT2D eigenvalue weighted by molar-refractivity contribution is 5.92. The predicted octanol–water partition coefficient (Wildman–Crippen LogP) is 2.24. The average Bonchev–Trinajstić information content (AvgIpc) is 3.44. The van der Waals surface area contributed by atoms with Crippen molar-refractivity contribution in [1.29, 1.82) is 0 Å². The third-order valence-electron chi connectivity index (χ3n) is 5.91. The lowest BCUT2D eigenvalue weighted by Crippen LogP contribution is -2.52. The second kappa shape index (κ2) is 8.55. The van der Waals surface area contributed by atoms with Gasteiger partial charge in [-0.2, -0.15) is 5.10 Å². The van der Waals surface area contributed by atoms with E-state index in [1.54, 1.807) is 10.7 Å². The van der Waals surface area contributed by atoms with Crippen LogP contribution in [0.4, 0.5) is 0 Å². The van der Waals surface area contributed by atoms with E-state index < -0.39 is 6.10 Å². The van der Waals surface area contributed by atoms with Gasteiger partial charge in [0.2, 0.25) is 0 Å². The fourth-order valence-electron chi connectivity index (χ4n) is 4.42. The highest BCUT2D eigenvalue weighted by atomic mass is 16.5. The number of rotatable bonds is 6. The minimum atomic E-state index is -0.660. The van der Waals surface area contributed by atoms with Gasteiger partial charge in [0, 0.05) is 18.7 Å². The van der Waals surface area contributed by atoms with Gasteiger partial charge < -0.3 is 15.2 Å². The molecule has 1 saturated carbocycles. The standard InChI is InChI=1S/C22H30N4O3/c1-15(2)26-13-10-17(24-26)22(28)23-18-14-19(29-16-8-4-3-5-9-16)21(27)20(18)25-11-6-7-12-25/h3-5,8-10,13,15,18-21,27H,6-7,11-12,14H2,1-2H3,(H,23,28)/t18-,19-,20+,21+/m1/s1. The molecule has 1 aliphatic heterocycles. The molecule has 2 aliphatic rings. The number of hydrogen-bond donors (Lipinski definition) is 2. The number of para-hydroxylation sites is 1. The van der Waals surface area contributed by atoms with Crippen molar-refractivity contribution >= 4 is 5.91 Å². The maximum Gasteiger partial charge on any atom is 0.272 e. The summed E-state index contributed by atoms with van der Waals surface area (Å²) in [5.41, 5.74) is 0.404. The summed E-state index contributed by atoms with van der Waals surface area (Å²) in [4.78, 5) is 15.1. The van der Waals surface area contributed by atoms with Crippen LogP contribution in [0.25, 0.3) is 0 Å². The smallest absolute Gasteiger partial charge is 0.272 e. The molecule has 0 radical (unpaired) electrons. The molecule has 7 heteroatoms. The number of amides is 1. The zero-order valence-corrected chi connectivity index (χ0v) is 17.1. The number of aliphatic hydroxyl groups is 1. The number of benzene rings is 1. The number of hydrogen-bond acceptors (Lipinski definition) is 5. The lowest BCUT2D eigenvalue weighted by Gasteiger charge is -2.31. The number of aromatic nitrogens is 2. The Morgan fingerprint density at radius 3 is 2.59 bits per heavy atom. The van der Waals surface area contributed by atoms with Gasteiger partial charge >= 0.3 is 0 Å². The molecule has 0 unspecified atom stereocenters. The van der Waals surface area contributed by atoms with E-state index in [0.717, 1.165) is 31.7 Å². The molecule has 4 rings (SSSR count). The summed E-state index contributed by atoms with van der Waals surface area (Å²) in [6, 6.07) is 11.2. The molecule has 2 aromatic rings. The molecule has 2 N–H and O–H groups in total. The molecule has 1 aromatic carbocycles. The topological polar surface area (TPSA) is 79.6 Å². The molecular formula is C22H30N4O3. The van der Waals surface area contributed by atoms with Crippen LogP contribution in [0.2, 0.25) is 0 Å². The van der Waals surface area contributed by atoms with E-state index in [0.29, 0.717) is 12.1 Å². The third kappa shape index (κ3) is 4.31. The summed E-state index contributed by atoms with van der Waals surface area (Å²) >= 11 is 0. The fourth-order valence-corrected chi connectivity index (χ4v) is 4.42. The molecule has 7 nitrogen and oxygen atoms in total. The van der Waals surface area contributed by atoms with Gasteiger partial charge in [0.05, 0.1) is 12.1 Å². The van der Waals surface area contributed by atoms with E-state index in [-0.39, 0.29) is 30.1 Å². The maximum absolute atomic E-state index is 12.8. The van der Waals surface area contributed by atoms with Crippen LogP contribution in [0.1, 0.15) is 49.6 Å². The Balaban J connectivity index is 1.50. The number of ether oxygens (including phenoxy) is 1. The van der Waals surface area contributed by atoms with E-state index in [9.17, 15) is 9.90 Å². The van der Waals surface area contributed by atoms with Crippen LogP contribution in [-0.2, 0) is 0 Å². The molecule has 1 amide bonds. The Labute approximate surface area is 171 Å². The Bertz CT molecular complexity index is 816. The molecular weight excluding hydrogens is 368 g/mol. The minimum Gasteiger partial charge on any atom is -0.488 e. The Hall–Kier alpha value is -2.38. The van der Waals surface area contributed by atoms with Gasteiger partial charge in [0.1, 0.15) is 23.7 Å². The molecule has 4 atom stereocenters. The van der Waals surface area contributed by atoms with Gasteiger partial charge in [-0.15, -0.1) is 0 Å². The van der Waals surface area contributed by atoms with E-state index in [1.165, 1.54) is 0 Å². The van der Waals surface area contributed by atoms with Gasteiger partial charge in [0.15, 0.2) is 0 Å². The first-order chi connectivity index (χ1) is 14.0. The van der Waals surface area contributed by atoms with Crippen LogP contribution < -0.4 is 10.1 Å². The Kier molecular flexibility index (Phi) is 5.87. The molecule has 2 heterocycles. The summed E-state index contributed by atoms with van der Waals surface area (Å²) in [5.74, 6) is 0.533. The zero-order chi connectivity index (χ0) is 20.4. The zero-order valence-electron chi connectivity index (χ0n) is 17.1. The summed E-state index contributed by atoms with van der Waals surface area (Å²) in [6.07, 6.45) is 3.60. The van der Waals surface area contributed by atoms with Crippen LogP contribution in [0.5, 0.6) is 5.75 Å². The number of aliphatic hydroxyl groups excluding tert-OH is 1. The average molecular weight is 399 g/mol. The second-order valence-electron chi connectivity index (χ2n) is 8.28. The van der Waals surface area contributed by atoms with Crippen LogP contribution >= 0.6 is 0 Å². The van der Waals surface area contributed by atoms with Crippen LogP contribution in [0.3, 0.4) is 0 Å². The van der Waals surface area contributed by atoms with Crippen LogP contribution in [0, 0.1) is 0 Å². The quantitative estimate of drug-likeness (QED) is 0.780. The number of nitrogens with one attached hydrogen (secondary N) is 1. The summed E-state index contributed by atoms with van der Waals surface area (Å²) in [6.45, 7) is 5.93. The third-order valence-corrected chi connectivity index (χ3v) is 5.91. The lowest BCUT2D eigenvalue weighted by molar-refractivity contribution is 0.0139. The van der Waals surface area contributed by atoms with Crippen LogP contribution in [0.15, 0.2) is 42.6 Å². The van der Waals surface area contributed by atoms with Gasteiger partial charge in [0.25, 0.3) is 5.91 Å².